The van der Waals surface area contributed by atoms with Gasteiger partial charge in [0.15, 0.2) is 3.57 Å². The van der Waals surface area contributed by atoms with Crippen molar-refractivity contribution in [3.63, 3.8) is 0 Å². The van der Waals surface area contributed by atoms with Crippen LogP contribution < -0.4 is 21.2 Å². The summed E-state index contributed by atoms with van der Waals surface area (Å²) in [6, 6.07) is 4.55. The molecule has 0 radical (unpaired) electrons. The topological polar surface area (TPSA) is 0 Å². The van der Waals surface area contributed by atoms with E-state index in [0.717, 1.165) is 12.1 Å². The highest BCUT2D eigenvalue weighted by atomic mass is 127. The molecule has 0 bridgehead atoms. The van der Waals surface area contributed by atoms with Crippen LogP contribution in [0.5, 0.6) is 0 Å². The predicted molar refractivity (Wildman–Crippen MR) is 47.7 cm³/mol. The van der Waals surface area contributed by atoms with Crippen molar-refractivity contribution in [1.29, 1.82) is 0 Å². The van der Waals surface area contributed by atoms with Gasteiger partial charge in [-0.15, -0.1) is 0 Å². The molecule has 98 valence electrons. The molecule has 0 atom stereocenters. The van der Waals surface area contributed by atoms with Crippen LogP contribution in [-0.4, -0.2) is 16.5 Å². The van der Waals surface area contributed by atoms with E-state index in [1.54, 1.807) is 0 Å². The van der Waals surface area contributed by atoms with Crippen molar-refractivity contribution in [2.24, 2.45) is 0 Å². The van der Waals surface area contributed by atoms with Crippen LogP contribution in [0.2, 0.25) is 0 Å². The molecule has 1 aromatic carbocycles. The maximum atomic E-state index is 12.5. The lowest BCUT2D eigenvalue weighted by Gasteiger charge is -2.13. The summed E-state index contributed by atoms with van der Waals surface area (Å²) in [6.45, 7) is 0. The third-order valence-corrected chi connectivity index (χ3v) is 4.55. The van der Waals surface area contributed by atoms with Crippen LogP contribution in [0, 0.1) is 9.39 Å². The molecule has 0 aliphatic rings. The van der Waals surface area contributed by atoms with Crippen LogP contribution in [0.1, 0.15) is 7.43 Å². The van der Waals surface area contributed by atoms with Crippen LogP contribution in [-0.2, 0) is 0 Å². The van der Waals surface area contributed by atoms with E-state index in [0.29, 0.717) is 3.57 Å². The third kappa shape index (κ3) is 4.72. The van der Waals surface area contributed by atoms with E-state index in [9.17, 15) is 26.3 Å². The first-order valence-electron chi connectivity index (χ1n) is 4.02. The molecule has 1 aromatic rings. The van der Waals surface area contributed by atoms with E-state index in [-0.39, 0.29) is 7.43 Å². The highest BCUT2D eigenvalue weighted by Gasteiger charge is 2.61. The van der Waals surface area contributed by atoms with E-state index in [1.807, 2.05) is 0 Å². The van der Waals surface area contributed by atoms with Crippen LogP contribution in [0.15, 0.2) is 24.3 Å². The van der Waals surface area contributed by atoms with Gasteiger partial charge in [0, 0.05) is 0 Å². The lowest BCUT2D eigenvalue weighted by molar-refractivity contribution is -0.651. The Labute approximate surface area is 105 Å². The van der Waals surface area contributed by atoms with Crippen LogP contribution in [0.4, 0.5) is 26.3 Å². The van der Waals surface area contributed by atoms with Crippen molar-refractivity contribution in [1.82, 2.24) is 0 Å². The second kappa shape index (κ2) is 5.92. The number of halogens is 7. The molecular formula is C10H10F6I+. The Balaban J connectivity index is 0.00000256. The Morgan fingerprint density at radius 3 is 1.82 bits per heavy atom. The molecular weight excluding hydrogens is 361 g/mol. The van der Waals surface area contributed by atoms with Gasteiger partial charge in [0.2, 0.25) is 4.43 Å². The normalized spacial score (nSPS) is 12.1. The minimum absolute atomic E-state index is 0. The lowest BCUT2D eigenvalue weighted by atomic mass is 10.4. The summed E-state index contributed by atoms with van der Waals surface area (Å²) >= 11 is -1.48. The van der Waals surface area contributed by atoms with Gasteiger partial charge in [0.25, 0.3) is 0 Å². The summed E-state index contributed by atoms with van der Waals surface area (Å²) < 4.78 is 72.0. The van der Waals surface area contributed by atoms with Crippen LogP contribution in [0.3, 0.4) is 0 Å². The first-order chi connectivity index (χ1) is 7.22. The molecule has 1 rings (SSSR count). The van der Waals surface area contributed by atoms with E-state index in [1.165, 1.54) is 12.1 Å². The number of rotatable bonds is 3. The summed E-state index contributed by atoms with van der Waals surface area (Å²) in [5.41, 5.74) is 0. The van der Waals surface area contributed by atoms with Crippen molar-refractivity contribution in [2.75, 3.05) is 4.43 Å². The van der Waals surface area contributed by atoms with Gasteiger partial charge in [0.05, 0.1) is 0 Å². The Bertz CT molecular complexity index is 343. The monoisotopic (exact) mass is 371 g/mol. The first-order valence-corrected chi connectivity index (χ1v) is 6.62. The van der Waals surface area contributed by atoms with E-state index in [2.05, 4.69) is 0 Å². The number of alkyl halides is 6. The molecule has 0 amide bonds. The summed E-state index contributed by atoms with van der Waals surface area (Å²) in [5, 5.41) is 0. The van der Waals surface area contributed by atoms with Crippen molar-refractivity contribution in [2.45, 2.75) is 19.5 Å². The van der Waals surface area contributed by atoms with Gasteiger partial charge < -0.3 is 0 Å². The summed E-state index contributed by atoms with van der Waals surface area (Å²) in [4.78, 5) is 0. The molecule has 0 aromatic heterocycles. The van der Waals surface area contributed by atoms with Crippen molar-refractivity contribution in [3.8, 4) is 0 Å². The zero-order chi connectivity index (χ0) is 12.4. The highest BCUT2D eigenvalue weighted by molar-refractivity contribution is 5.02. The standard InChI is InChI=1S/C9H6F6I.CH4/c10-6-1-3-7(4-2-6)16-5-8(11,12)9(13,14)15;/h1-4H,5H2;1H4/q+1;. The largest absolute Gasteiger partial charge is 0.457 e. The molecule has 0 spiro atoms. The van der Waals surface area contributed by atoms with Gasteiger partial charge in [-0.3, -0.25) is 0 Å². The van der Waals surface area contributed by atoms with Crippen molar-refractivity contribution in [3.05, 3.63) is 33.7 Å². The summed E-state index contributed by atoms with van der Waals surface area (Å²) in [7, 11) is 0. The average Bonchev–Trinajstić information content (AvgIpc) is 2.15. The molecule has 7 heteroatoms. The molecule has 0 N–H and O–H groups in total. The van der Waals surface area contributed by atoms with Gasteiger partial charge in [0.1, 0.15) is 5.82 Å². The second-order valence-corrected chi connectivity index (χ2v) is 5.68. The third-order valence-electron chi connectivity index (χ3n) is 1.61. The Hall–Kier alpha value is -0.470. The molecule has 0 saturated heterocycles. The zero-order valence-corrected chi connectivity index (χ0v) is 9.82. The molecule has 0 fully saturated rings. The van der Waals surface area contributed by atoms with E-state index >= 15 is 0 Å². The lowest BCUT2D eigenvalue weighted by Crippen LogP contribution is -3.63. The SMILES string of the molecule is C.Fc1ccc([I+]CC(F)(F)C(F)(F)F)cc1. The number of hydrogen-bond donors (Lipinski definition) is 0. The molecule has 0 aliphatic carbocycles. The number of hydrogen-bond acceptors (Lipinski definition) is 0. The fourth-order valence-corrected chi connectivity index (χ4v) is 2.98. The fourth-order valence-electron chi connectivity index (χ4n) is 0.755. The molecule has 0 saturated carbocycles. The molecule has 0 heterocycles. The van der Waals surface area contributed by atoms with Crippen molar-refractivity contribution >= 4 is 0 Å². The van der Waals surface area contributed by atoms with Crippen LogP contribution in [0.25, 0.3) is 0 Å². The second-order valence-electron chi connectivity index (χ2n) is 2.91. The van der Waals surface area contributed by atoms with Gasteiger partial charge in [-0.05, 0) is 24.3 Å². The minimum atomic E-state index is -5.51. The van der Waals surface area contributed by atoms with Gasteiger partial charge >= 0.3 is 33.3 Å². The molecule has 0 unspecified atom stereocenters. The Morgan fingerprint density at radius 1 is 0.941 bits per heavy atom. The average molecular weight is 371 g/mol. The minimum Gasteiger partial charge on any atom is -0.207 e. The van der Waals surface area contributed by atoms with Gasteiger partial charge in [-0.25, -0.2) is 4.39 Å². The highest BCUT2D eigenvalue weighted by Crippen LogP contribution is 2.33. The zero-order valence-electron chi connectivity index (χ0n) is 7.66. The molecule has 0 aliphatic heterocycles. The van der Waals surface area contributed by atoms with Gasteiger partial charge in [-0.1, -0.05) is 7.43 Å². The Kier molecular flexibility index (Phi) is 5.76. The van der Waals surface area contributed by atoms with Gasteiger partial charge in [-0.2, -0.15) is 22.0 Å². The molecule has 0 nitrogen and oxygen atoms in total. The molecule has 17 heavy (non-hydrogen) atoms. The first kappa shape index (κ1) is 16.5. The van der Waals surface area contributed by atoms with Crippen LogP contribution >= 0.6 is 0 Å². The maximum absolute atomic E-state index is 12.5. The predicted octanol–water partition coefficient (Wildman–Crippen LogP) is 0.918. The smallest absolute Gasteiger partial charge is 0.207 e. The number of benzene rings is 1. The quantitative estimate of drug-likeness (QED) is 0.421. The van der Waals surface area contributed by atoms with E-state index in [4.69, 9.17) is 0 Å². The summed E-state index contributed by atoms with van der Waals surface area (Å²) in [5.74, 6) is -5.20. The van der Waals surface area contributed by atoms with Crippen molar-refractivity contribution < 1.29 is 47.5 Å². The Morgan fingerprint density at radius 2 is 1.41 bits per heavy atom. The fraction of sp³-hybridized carbons (Fsp3) is 0.400. The summed E-state index contributed by atoms with van der Waals surface area (Å²) in [6.07, 6.45) is -5.51. The van der Waals surface area contributed by atoms with E-state index < -0.39 is 43.5 Å². The maximum Gasteiger partial charge on any atom is 0.457 e.